The first kappa shape index (κ1) is 29.5. The lowest BCUT2D eigenvalue weighted by Gasteiger charge is -2.59. The van der Waals surface area contributed by atoms with E-state index in [0.717, 1.165) is 0 Å². The zero-order valence-electron chi connectivity index (χ0n) is 17.0. The number of rotatable bonds is 4. The molecule has 1 fully saturated rings. The summed E-state index contributed by atoms with van der Waals surface area (Å²) in [6, 6.07) is 0. The van der Waals surface area contributed by atoms with E-state index in [1.54, 1.807) is 0 Å². The third kappa shape index (κ3) is 3.46. The summed E-state index contributed by atoms with van der Waals surface area (Å²) in [5.41, 5.74) is -15.1. The first-order valence-electron chi connectivity index (χ1n) is 8.82. The van der Waals surface area contributed by atoms with E-state index in [4.69, 9.17) is 0 Å². The molecule has 1 aliphatic heterocycles. The Balaban J connectivity index is 4.09. The van der Waals surface area contributed by atoms with Gasteiger partial charge in [0, 0.05) is 0 Å². The van der Waals surface area contributed by atoms with Gasteiger partial charge in [-0.25, -0.2) is 0 Å². The maximum atomic E-state index is 15.1. The Hall–Kier alpha value is -1.52. The first-order valence-corrected chi connectivity index (χ1v) is 8.82. The van der Waals surface area contributed by atoms with E-state index in [-0.39, 0.29) is 13.8 Å². The van der Waals surface area contributed by atoms with Gasteiger partial charge in [-0.3, -0.25) is 4.79 Å². The van der Waals surface area contributed by atoms with Crippen LogP contribution in [0.5, 0.6) is 0 Å². The molecule has 196 valence electrons. The second kappa shape index (κ2) is 7.49. The minimum Gasteiger partial charge on any atom is -0.445 e. The second-order valence-corrected chi connectivity index (χ2v) is 7.68. The third-order valence-electron chi connectivity index (χ3n) is 5.86. The molecule has 33 heavy (non-hydrogen) atoms. The Kier molecular flexibility index (Phi) is 6.70. The molecule has 0 radical (unpaired) electrons. The Morgan fingerprint density at radius 3 is 1.58 bits per heavy atom. The lowest BCUT2D eigenvalue weighted by atomic mass is 9.70. The van der Waals surface area contributed by atoms with Gasteiger partial charge in [-0.1, -0.05) is 13.8 Å². The fourth-order valence-electron chi connectivity index (χ4n) is 3.13. The van der Waals surface area contributed by atoms with Crippen molar-refractivity contribution in [1.82, 2.24) is 0 Å². The van der Waals surface area contributed by atoms with Crippen molar-refractivity contribution in [2.24, 2.45) is 5.41 Å². The van der Waals surface area contributed by atoms with Crippen LogP contribution in [0.3, 0.4) is 0 Å². The van der Waals surface area contributed by atoms with Gasteiger partial charge < -0.3 is 14.6 Å². The molecule has 0 amide bonds. The second-order valence-electron chi connectivity index (χ2n) is 7.68. The number of ether oxygens (including phenoxy) is 2. The molecule has 0 bridgehead atoms. The molecule has 1 rings (SSSR count). The van der Waals surface area contributed by atoms with Crippen molar-refractivity contribution >= 4 is 5.97 Å². The van der Waals surface area contributed by atoms with Crippen LogP contribution in [-0.2, 0) is 14.3 Å². The number of esters is 1. The predicted molar refractivity (Wildman–Crippen MR) is 80.0 cm³/mol. The van der Waals surface area contributed by atoms with E-state index in [9.17, 15) is 58.2 Å². The molecule has 0 aromatic carbocycles. The monoisotopic (exact) mass is 520 g/mol. The molecule has 0 saturated carbocycles. The van der Waals surface area contributed by atoms with Crippen molar-refractivity contribution in [2.75, 3.05) is 0 Å². The normalized spacial score (nSPS) is 34.5. The van der Waals surface area contributed by atoms with Crippen LogP contribution in [0.1, 0.15) is 40.5 Å². The maximum absolute atomic E-state index is 15.1. The van der Waals surface area contributed by atoms with Crippen molar-refractivity contribution in [2.45, 2.75) is 87.9 Å². The standard InChI is InChI=1S/C16H17F13O4/c1-5-8(3,14(21,22)23)7(30)32-10(6-2)11(17,18)9(4,15(24,25)26)33-13(31,12(10,19)20)16(27,28)29/h31H,5-6H2,1-4H3. The van der Waals surface area contributed by atoms with Crippen LogP contribution in [-0.4, -0.2) is 58.4 Å². The van der Waals surface area contributed by atoms with Crippen LogP contribution in [0.4, 0.5) is 57.1 Å². The quantitative estimate of drug-likeness (QED) is 0.392. The van der Waals surface area contributed by atoms with Crippen LogP contribution in [0, 0.1) is 5.41 Å². The van der Waals surface area contributed by atoms with Crippen molar-refractivity contribution in [3.8, 4) is 0 Å². The minimum atomic E-state index is -6.93. The van der Waals surface area contributed by atoms with E-state index in [1.165, 1.54) is 0 Å². The summed E-state index contributed by atoms with van der Waals surface area (Å²) in [5.74, 6) is -22.4. The summed E-state index contributed by atoms with van der Waals surface area (Å²) in [6.45, 7) is -0.197. The lowest BCUT2D eigenvalue weighted by molar-refractivity contribution is -0.555. The molecular formula is C16H17F13O4. The van der Waals surface area contributed by atoms with Crippen molar-refractivity contribution < 1.29 is 76.5 Å². The van der Waals surface area contributed by atoms with E-state index in [2.05, 4.69) is 9.47 Å². The molecule has 1 saturated heterocycles. The van der Waals surface area contributed by atoms with Gasteiger partial charge >= 0.3 is 42.1 Å². The van der Waals surface area contributed by atoms with Gasteiger partial charge in [-0.15, -0.1) is 0 Å². The summed E-state index contributed by atoms with van der Waals surface area (Å²) in [5, 5.41) is 9.52. The van der Waals surface area contributed by atoms with Gasteiger partial charge in [0.1, 0.15) is 0 Å². The van der Waals surface area contributed by atoms with E-state index < -0.39 is 78.5 Å². The molecule has 0 spiro atoms. The van der Waals surface area contributed by atoms with Gasteiger partial charge in [-0.2, -0.15) is 57.1 Å². The average Bonchev–Trinajstić information content (AvgIpc) is 2.60. The Morgan fingerprint density at radius 1 is 0.879 bits per heavy atom. The molecule has 1 N–H and O–H groups in total. The number of alkyl halides is 13. The largest absolute Gasteiger partial charge is 0.449 e. The number of hydrogen-bond acceptors (Lipinski definition) is 4. The number of aliphatic hydroxyl groups is 1. The summed E-state index contributed by atoms with van der Waals surface area (Å²) in [7, 11) is 0. The smallest absolute Gasteiger partial charge is 0.445 e. The highest BCUT2D eigenvalue weighted by molar-refractivity contribution is 5.78. The number of hydrogen-bond donors (Lipinski definition) is 1. The van der Waals surface area contributed by atoms with Crippen molar-refractivity contribution in [1.29, 1.82) is 0 Å². The van der Waals surface area contributed by atoms with Gasteiger partial charge in [0.05, 0.1) is 0 Å². The summed E-state index contributed by atoms with van der Waals surface area (Å²) in [6.07, 6.45) is -23.0. The molecule has 1 aliphatic rings. The Morgan fingerprint density at radius 2 is 1.30 bits per heavy atom. The van der Waals surface area contributed by atoms with E-state index in [0.29, 0.717) is 6.92 Å². The van der Waals surface area contributed by atoms with Crippen LogP contribution in [0.2, 0.25) is 0 Å². The molecule has 0 aromatic rings. The Bertz CT molecular complexity index is 734. The molecule has 17 heteroatoms. The van der Waals surface area contributed by atoms with Crippen molar-refractivity contribution in [3.63, 3.8) is 0 Å². The highest BCUT2D eigenvalue weighted by atomic mass is 19.4. The van der Waals surface area contributed by atoms with Crippen LogP contribution >= 0.6 is 0 Å². The van der Waals surface area contributed by atoms with Gasteiger partial charge in [-0.05, 0) is 26.7 Å². The molecule has 4 nitrogen and oxygen atoms in total. The zero-order chi connectivity index (χ0) is 26.9. The number of carbonyl (C=O) groups is 1. The number of halogens is 13. The summed E-state index contributed by atoms with van der Waals surface area (Å²) >= 11 is 0. The number of carbonyl (C=O) groups excluding carboxylic acids is 1. The average molecular weight is 520 g/mol. The van der Waals surface area contributed by atoms with Crippen LogP contribution in [0.25, 0.3) is 0 Å². The molecular weight excluding hydrogens is 503 g/mol. The summed E-state index contributed by atoms with van der Waals surface area (Å²) < 4.78 is 187. The molecule has 4 unspecified atom stereocenters. The predicted octanol–water partition coefficient (Wildman–Crippen LogP) is 5.53. The van der Waals surface area contributed by atoms with Crippen molar-refractivity contribution in [3.05, 3.63) is 0 Å². The van der Waals surface area contributed by atoms with Gasteiger partial charge in [0.25, 0.3) is 0 Å². The molecule has 1 heterocycles. The van der Waals surface area contributed by atoms with E-state index in [1.807, 2.05) is 0 Å². The zero-order valence-corrected chi connectivity index (χ0v) is 17.0. The van der Waals surface area contributed by atoms with Crippen LogP contribution < -0.4 is 0 Å². The lowest BCUT2D eigenvalue weighted by Crippen LogP contribution is -2.87. The Labute approximate surface area is 177 Å². The van der Waals surface area contributed by atoms with Gasteiger partial charge in [0.15, 0.2) is 5.41 Å². The highest BCUT2D eigenvalue weighted by Gasteiger charge is 2.95. The highest BCUT2D eigenvalue weighted by Crippen LogP contribution is 2.67. The maximum Gasteiger partial charge on any atom is 0.449 e. The summed E-state index contributed by atoms with van der Waals surface area (Å²) in [4.78, 5) is 12.2. The van der Waals surface area contributed by atoms with Crippen LogP contribution in [0.15, 0.2) is 0 Å². The fraction of sp³-hybridized carbons (Fsp3) is 0.938. The SMILES string of the molecule is CCC(C)(C(=O)OC1(CC)C(F)(F)C(C)(C(F)(F)F)OC(O)(C(F)(F)F)C1(F)F)C(F)(F)F. The minimum absolute atomic E-state index is 0.0484. The molecule has 0 aliphatic carbocycles. The molecule has 4 atom stereocenters. The first-order chi connectivity index (χ1) is 14.2. The topological polar surface area (TPSA) is 55.8 Å². The van der Waals surface area contributed by atoms with E-state index >= 15 is 8.78 Å². The molecule has 0 aromatic heterocycles. The third-order valence-corrected chi connectivity index (χ3v) is 5.86. The van der Waals surface area contributed by atoms with Gasteiger partial charge in [0.2, 0.25) is 11.2 Å². The fourth-order valence-corrected chi connectivity index (χ4v) is 3.13.